The van der Waals surface area contributed by atoms with Crippen LogP contribution in [-0.4, -0.2) is 17.2 Å². The predicted molar refractivity (Wildman–Crippen MR) is 110 cm³/mol. The molecule has 3 rings (SSSR count). The van der Waals surface area contributed by atoms with Gasteiger partial charge in [0, 0.05) is 36.5 Å². The van der Waals surface area contributed by atoms with Gasteiger partial charge in [0.1, 0.15) is 57.6 Å². The molecule has 0 aliphatic rings. The van der Waals surface area contributed by atoms with Gasteiger partial charge in [-0.25, -0.2) is 31.2 Å². The molecule has 0 aromatic heterocycles. The summed E-state index contributed by atoms with van der Waals surface area (Å²) in [5.74, 6) is -5.36. The van der Waals surface area contributed by atoms with Gasteiger partial charge in [-0.05, 0) is 42.8 Å². The number of hydrogen-bond donors (Lipinski definition) is 1. The third-order valence-electron chi connectivity index (χ3n) is 4.18. The van der Waals surface area contributed by atoms with E-state index >= 15 is 0 Å². The Labute approximate surface area is 175 Å². The molecule has 1 unspecified atom stereocenters. The minimum atomic E-state index is -3.56. The van der Waals surface area contributed by atoms with Crippen LogP contribution < -0.4 is 15.9 Å². The summed E-state index contributed by atoms with van der Waals surface area (Å²) >= 11 is 6.20. The molecule has 0 amide bonds. The minimum Gasteiger partial charge on any atom is -0.227 e. The van der Waals surface area contributed by atoms with Crippen molar-refractivity contribution in [1.29, 1.82) is 0 Å². The lowest BCUT2D eigenvalue weighted by Gasteiger charge is -2.20. The molecule has 0 radical (unpaired) electrons. The molecule has 0 fully saturated rings. The van der Waals surface area contributed by atoms with Crippen LogP contribution in [0.1, 0.15) is 0 Å². The quantitative estimate of drug-likeness (QED) is 0.371. The van der Waals surface area contributed by atoms with Gasteiger partial charge in [-0.3, -0.25) is 0 Å². The second kappa shape index (κ2) is 9.23. The smallest absolute Gasteiger partial charge is 0.227 e. The van der Waals surface area contributed by atoms with E-state index in [9.17, 15) is 31.2 Å². The Kier molecular flexibility index (Phi) is 7.09. The maximum atomic E-state index is 13.8. The first-order valence-electron chi connectivity index (χ1n) is 8.50. The second-order valence-electron chi connectivity index (χ2n) is 6.44. The standard InChI is InChI=1S/C20H14ClF6OP2/c21-30(28,20-10-16(26)5-17(27)11-20)2-1-29(18-6-12(22)3-13(23)7-18)19-8-14(24)4-15(25)9-19/h3-11,28H,1-2H2/q+1. The zero-order chi connectivity index (χ0) is 22.1. The average Bonchev–Trinajstić information content (AvgIpc) is 2.59. The lowest BCUT2D eigenvalue weighted by atomic mass is 10.3. The molecule has 158 valence electrons. The summed E-state index contributed by atoms with van der Waals surface area (Å²) in [6.07, 6.45) is -0.244. The highest BCUT2D eigenvalue weighted by Crippen LogP contribution is 2.60. The van der Waals surface area contributed by atoms with Crippen LogP contribution in [0.4, 0.5) is 26.3 Å². The summed E-state index contributed by atoms with van der Waals surface area (Å²) in [6, 6.07) is 7.86. The van der Waals surface area contributed by atoms with Crippen molar-refractivity contribution in [3.63, 3.8) is 0 Å². The molecule has 0 spiro atoms. The van der Waals surface area contributed by atoms with Gasteiger partial charge < -0.3 is 0 Å². The highest BCUT2D eigenvalue weighted by molar-refractivity contribution is 8.00. The Balaban J connectivity index is 1.98. The van der Waals surface area contributed by atoms with Crippen LogP contribution in [-0.2, 0) is 0 Å². The Morgan fingerprint density at radius 3 is 1.33 bits per heavy atom. The van der Waals surface area contributed by atoms with E-state index in [2.05, 4.69) is 0 Å². The van der Waals surface area contributed by atoms with Gasteiger partial charge in [0.15, 0.2) is 0 Å². The molecule has 3 aromatic rings. The van der Waals surface area contributed by atoms with Crippen LogP contribution >= 0.6 is 26.0 Å². The van der Waals surface area contributed by atoms with E-state index in [1.165, 1.54) is 0 Å². The van der Waals surface area contributed by atoms with Gasteiger partial charge in [-0.2, -0.15) is 0 Å². The van der Waals surface area contributed by atoms with E-state index < -0.39 is 49.7 Å². The number of hydrogen-bond acceptors (Lipinski definition) is 1. The van der Waals surface area contributed by atoms with Gasteiger partial charge in [0.2, 0.25) is 0 Å². The normalized spacial score (nSPS) is 13.5. The first-order chi connectivity index (χ1) is 14.0. The zero-order valence-corrected chi connectivity index (χ0v) is 17.6. The number of rotatable bonds is 6. The van der Waals surface area contributed by atoms with Crippen molar-refractivity contribution in [2.75, 3.05) is 12.3 Å². The Morgan fingerprint density at radius 1 is 0.633 bits per heavy atom. The molecule has 0 saturated heterocycles. The molecule has 1 N–H and O–H groups in total. The van der Waals surface area contributed by atoms with Crippen molar-refractivity contribution >= 4 is 41.9 Å². The maximum absolute atomic E-state index is 13.8. The maximum Gasteiger partial charge on any atom is 0.272 e. The van der Waals surface area contributed by atoms with Gasteiger partial charge in [-0.15, -0.1) is 0 Å². The summed E-state index contributed by atoms with van der Waals surface area (Å²) in [7, 11) is -1.75. The highest BCUT2D eigenvalue weighted by atomic mass is 35.7. The average molecular weight is 482 g/mol. The van der Waals surface area contributed by atoms with Crippen molar-refractivity contribution in [3.8, 4) is 0 Å². The fourth-order valence-electron chi connectivity index (χ4n) is 2.90. The Morgan fingerprint density at radius 2 is 0.967 bits per heavy atom. The molecule has 0 aliphatic carbocycles. The minimum absolute atomic E-state index is 0.0347. The van der Waals surface area contributed by atoms with Crippen molar-refractivity contribution in [3.05, 3.63) is 89.5 Å². The topological polar surface area (TPSA) is 20.2 Å². The number of halogens is 7. The van der Waals surface area contributed by atoms with E-state index in [1.54, 1.807) is 0 Å². The van der Waals surface area contributed by atoms with Crippen molar-refractivity contribution < 1.29 is 31.2 Å². The van der Waals surface area contributed by atoms with Crippen molar-refractivity contribution in [2.24, 2.45) is 0 Å². The molecule has 0 heterocycles. The largest absolute Gasteiger partial charge is 0.272 e. The molecule has 0 saturated carbocycles. The molecule has 3 aromatic carbocycles. The molecule has 0 aliphatic heterocycles. The molecular formula is C20H14ClF6OP2+. The van der Waals surface area contributed by atoms with E-state index in [4.69, 9.17) is 11.2 Å². The van der Waals surface area contributed by atoms with Gasteiger partial charge in [0.05, 0.1) is 0 Å². The summed E-state index contributed by atoms with van der Waals surface area (Å²) < 4.78 is 82.1. The van der Waals surface area contributed by atoms with E-state index in [0.717, 1.165) is 36.4 Å². The highest BCUT2D eigenvalue weighted by Gasteiger charge is 2.39. The summed E-state index contributed by atoms with van der Waals surface area (Å²) in [4.78, 5) is 10.7. The SMILES string of the molecule is O[P+](Cl)(CCP(c1cc(F)cc(F)c1)c1cc(F)cc(F)c1)c1cc(F)cc(F)c1. The molecule has 0 bridgehead atoms. The first kappa shape index (κ1) is 23.0. The van der Waals surface area contributed by atoms with Gasteiger partial charge >= 0.3 is 0 Å². The van der Waals surface area contributed by atoms with E-state index in [1.807, 2.05) is 0 Å². The Bertz CT molecular complexity index is 967. The number of benzene rings is 3. The fourth-order valence-corrected chi connectivity index (χ4v) is 8.56. The molecular weight excluding hydrogens is 468 g/mol. The molecule has 1 nitrogen and oxygen atoms in total. The lowest BCUT2D eigenvalue weighted by Crippen LogP contribution is -2.20. The zero-order valence-electron chi connectivity index (χ0n) is 15.1. The van der Waals surface area contributed by atoms with Gasteiger partial charge in [-0.1, -0.05) is 0 Å². The molecule has 1 atom stereocenters. The third kappa shape index (κ3) is 5.73. The van der Waals surface area contributed by atoms with Crippen LogP contribution in [0.2, 0.25) is 0 Å². The van der Waals surface area contributed by atoms with E-state index in [0.29, 0.717) is 18.2 Å². The predicted octanol–water partition coefficient (Wildman–Crippen LogP) is 5.36. The fraction of sp³-hybridized carbons (Fsp3) is 0.100. The Hall–Kier alpha value is -1.65. The molecule has 30 heavy (non-hydrogen) atoms. The summed E-state index contributed by atoms with van der Waals surface area (Å²) in [5.41, 5.74) is 0. The van der Waals surface area contributed by atoms with Crippen LogP contribution in [0.3, 0.4) is 0 Å². The van der Waals surface area contributed by atoms with Crippen molar-refractivity contribution in [2.45, 2.75) is 0 Å². The van der Waals surface area contributed by atoms with Crippen LogP contribution in [0.25, 0.3) is 0 Å². The van der Waals surface area contributed by atoms with Gasteiger partial charge in [0.25, 0.3) is 6.84 Å². The van der Waals surface area contributed by atoms with Crippen LogP contribution in [0.15, 0.2) is 54.6 Å². The first-order valence-corrected chi connectivity index (χ1v) is 12.9. The third-order valence-corrected chi connectivity index (χ3v) is 9.93. The summed E-state index contributed by atoms with van der Waals surface area (Å²) in [5, 5.41) is 0.122. The summed E-state index contributed by atoms with van der Waals surface area (Å²) in [6.45, 7) is -3.56. The lowest BCUT2D eigenvalue weighted by molar-refractivity contribution is 0.582. The van der Waals surface area contributed by atoms with Crippen molar-refractivity contribution in [1.82, 2.24) is 0 Å². The van der Waals surface area contributed by atoms with E-state index in [-0.39, 0.29) is 28.2 Å². The second-order valence-corrected chi connectivity index (χ2v) is 12.8. The van der Waals surface area contributed by atoms with Crippen LogP contribution in [0.5, 0.6) is 0 Å². The van der Waals surface area contributed by atoms with Crippen LogP contribution in [0, 0.1) is 34.9 Å². The monoisotopic (exact) mass is 481 g/mol. The molecule has 10 heteroatoms.